The zero-order valence-corrected chi connectivity index (χ0v) is 9.76. The Morgan fingerprint density at radius 1 is 1.41 bits per heavy atom. The normalized spacial score (nSPS) is 17.7. The van der Waals surface area contributed by atoms with Crippen LogP contribution in [0, 0.1) is 0 Å². The molecular weight excluding hydrogens is 214 g/mol. The van der Waals surface area contributed by atoms with E-state index in [0.29, 0.717) is 12.5 Å². The highest BCUT2D eigenvalue weighted by Gasteiger charge is 2.19. The summed E-state index contributed by atoms with van der Waals surface area (Å²) in [7, 11) is 0. The molecule has 0 saturated carbocycles. The minimum absolute atomic E-state index is 0.498. The summed E-state index contributed by atoms with van der Waals surface area (Å²) in [6.45, 7) is 2.68. The lowest BCUT2D eigenvalue weighted by molar-refractivity contribution is 0.445. The smallest absolute Gasteiger partial charge is 0.155 e. The second-order valence-corrected chi connectivity index (χ2v) is 4.54. The van der Waals surface area contributed by atoms with Gasteiger partial charge in [-0.1, -0.05) is 0 Å². The molecular formula is C12H17N5. The fourth-order valence-electron chi connectivity index (χ4n) is 2.32. The maximum atomic E-state index is 5.62. The fourth-order valence-corrected chi connectivity index (χ4v) is 2.32. The highest BCUT2D eigenvalue weighted by Crippen LogP contribution is 2.22. The molecule has 3 heterocycles. The van der Waals surface area contributed by atoms with E-state index >= 15 is 0 Å². The molecule has 3 rings (SSSR count). The van der Waals surface area contributed by atoms with Gasteiger partial charge >= 0.3 is 0 Å². The molecule has 0 atom stereocenters. The van der Waals surface area contributed by atoms with Gasteiger partial charge in [0.05, 0.1) is 0 Å². The van der Waals surface area contributed by atoms with Crippen LogP contribution in [0.1, 0.15) is 30.1 Å². The van der Waals surface area contributed by atoms with Crippen molar-refractivity contribution < 1.29 is 0 Å². The molecule has 1 fully saturated rings. The fraction of sp³-hybridized carbons (Fsp3) is 0.500. The molecule has 17 heavy (non-hydrogen) atoms. The van der Waals surface area contributed by atoms with Gasteiger partial charge in [0, 0.05) is 18.7 Å². The molecule has 5 nitrogen and oxygen atoms in total. The molecule has 0 unspecified atom stereocenters. The van der Waals surface area contributed by atoms with Crippen molar-refractivity contribution in [2.45, 2.75) is 25.3 Å². The number of aromatic nitrogens is 3. The summed E-state index contributed by atoms with van der Waals surface area (Å²) < 4.78 is 1.84. The SMILES string of the molecule is NCc1ccn2nc(C3CCNCC3)nc2c1. The molecule has 2 aromatic heterocycles. The van der Waals surface area contributed by atoms with Crippen LogP contribution in [-0.2, 0) is 6.54 Å². The average molecular weight is 231 g/mol. The lowest BCUT2D eigenvalue weighted by Gasteiger charge is -2.19. The van der Waals surface area contributed by atoms with Crippen LogP contribution in [-0.4, -0.2) is 27.7 Å². The van der Waals surface area contributed by atoms with Crippen LogP contribution in [0.4, 0.5) is 0 Å². The molecule has 0 radical (unpaired) electrons. The van der Waals surface area contributed by atoms with Crippen molar-refractivity contribution in [2.24, 2.45) is 5.73 Å². The third kappa shape index (κ3) is 2.03. The topological polar surface area (TPSA) is 68.2 Å². The van der Waals surface area contributed by atoms with E-state index in [1.165, 1.54) is 0 Å². The summed E-state index contributed by atoms with van der Waals surface area (Å²) in [6, 6.07) is 4.01. The Bertz CT molecular complexity index is 513. The molecule has 0 amide bonds. The summed E-state index contributed by atoms with van der Waals surface area (Å²) in [5.74, 6) is 1.47. The maximum absolute atomic E-state index is 5.62. The van der Waals surface area contributed by atoms with Gasteiger partial charge in [-0.3, -0.25) is 0 Å². The molecule has 3 N–H and O–H groups in total. The lowest BCUT2D eigenvalue weighted by atomic mass is 9.98. The van der Waals surface area contributed by atoms with E-state index in [1.807, 2.05) is 22.8 Å². The maximum Gasteiger partial charge on any atom is 0.155 e. The Kier molecular flexibility index (Phi) is 2.78. The highest BCUT2D eigenvalue weighted by atomic mass is 15.3. The standard InChI is InChI=1S/C12H17N5/c13-8-9-3-6-17-11(7-9)15-12(16-17)10-1-4-14-5-2-10/h3,6-7,10,14H,1-2,4-5,8,13H2. The number of fused-ring (bicyclic) bond motifs is 1. The first-order valence-corrected chi connectivity index (χ1v) is 6.13. The van der Waals surface area contributed by atoms with Crippen molar-refractivity contribution in [3.8, 4) is 0 Å². The second kappa shape index (κ2) is 4.43. The van der Waals surface area contributed by atoms with Gasteiger partial charge in [-0.05, 0) is 43.6 Å². The van der Waals surface area contributed by atoms with Gasteiger partial charge in [-0.2, -0.15) is 5.10 Å². The van der Waals surface area contributed by atoms with Gasteiger partial charge in [-0.25, -0.2) is 9.50 Å². The van der Waals surface area contributed by atoms with Crippen molar-refractivity contribution >= 4 is 5.65 Å². The summed E-state index contributed by atoms with van der Waals surface area (Å²) in [5, 5.41) is 7.91. The molecule has 1 aliphatic rings. The molecule has 0 aliphatic carbocycles. The van der Waals surface area contributed by atoms with Gasteiger partial charge in [0.25, 0.3) is 0 Å². The van der Waals surface area contributed by atoms with Crippen LogP contribution in [0.2, 0.25) is 0 Å². The average Bonchev–Trinajstić information content (AvgIpc) is 2.82. The van der Waals surface area contributed by atoms with Gasteiger partial charge < -0.3 is 11.1 Å². The number of rotatable bonds is 2. The summed E-state index contributed by atoms with van der Waals surface area (Å²) in [6.07, 6.45) is 4.19. The van der Waals surface area contributed by atoms with E-state index in [1.54, 1.807) is 0 Å². The van der Waals surface area contributed by atoms with E-state index < -0.39 is 0 Å². The van der Waals surface area contributed by atoms with Crippen LogP contribution in [0.3, 0.4) is 0 Å². The monoisotopic (exact) mass is 231 g/mol. The van der Waals surface area contributed by atoms with E-state index in [0.717, 1.165) is 43.0 Å². The van der Waals surface area contributed by atoms with Gasteiger partial charge in [0.2, 0.25) is 0 Å². The number of piperidine rings is 1. The predicted octanol–water partition coefficient (Wildman–Crippen LogP) is 0.655. The van der Waals surface area contributed by atoms with Crippen LogP contribution >= 0.6 is 0 Å². The molecule has 0 aromatic carbocycles. The van der Waals surface area contributed by atoms with Crippen molar-refractivity contribution in [1.29, 1.82) is 0 Å². The predicted molar refractivity (Wildman–Crippen MR) is 65.7 cm³/mol. The highest BCUT2D eigenvalue weighted by molar-refractivity contribution is 5.40. The number of nitrogens with two attached hydrogens (primary N) is 1. The molecule has 90 valence electrons. The molecule has 0 bridgehead atoms. The number of nitrogens with one attached hydrogen (secondary N) is 1. The number of nitrogens with zero attached hydrogens (tertiary/aromatic N) is 3. The quantitative estimate of drug-likeness (QED) is 0.796. The zero-order valence-electron chi connectivity index (χ0n) is 9.76. The van der Waals surface area contributed by atoms with Crippen LogP contribution in [0.25, 0.3) is 5.65 Å². The van der Waals surface area contributed by atoms with Crippen LogP contribution < -0.4 is 11.1 Å². The molecule has 2 aromatic rings. The lowest BCUT2D eigenvalue weighted by Crippen LogP contribution is -2.27. The first-order valence-electron chi connectivity index (χ1n) is 6.13. The zero-order chi connectivity index (χ0) is 11.7. The third-order valence-corrected chi connectivity index (χ3v) is 3.36. The Hall–Kier alpha value is -1.46. The van der Waals surface area contributed by atoms with Gasteiger partial charge in [0.1, 0.15) is 0 Å². The van der Waals surface area contributed by atoms with E-state index in [-0.39, 0.29) is 0 Å². The number of hydrogen-bond acceptors (Lipinski definition) is 4. The third-order valence-electron chi connectivity index (χ3n) is 3.36. The molecule has 0 spiro atoms. The van der Waals surface area contributed by atoms with Crippen molar-refractivity contribution in [3.05, 3.63) is 29.7 Å². The minimum atomic E-state index is 0.498. The van der Waals surface area contributed by atoms with Crippen molar-refractivity contribution in [3.63, 3.8) is 0 Å². The Labute approximate surface area is 100 Å². The van der Waals surface area contributed by atoms with Crippen molar-refractivity contribution in [1.82, 2.24) is 19.9 Å². The van der Waals surface area contributed by atoms with Gasteiger partial charge in [-0.15, -0.1) is 0 Å². The van der Waals surface area contributed by atoms with Gasteiger partial charge in [0.15, 0.2) is 11.5 Å². The molecule has 5 heteroatoms. The van der Waals surface area contributed by atoms with Crippen molar-refractivity contribution in [2.75, 3.05) is 13.1 Å². The van der Waals surface area contributed by atoms with E-state index in [2.05, 4.69) is 15.4 Å². The Morgan fingerprint density at radius 3 is 3.00 bits per heavy atom. The first kappa shape index (κ1) is 10.7. The summed E-state index contributed by atoms with van der Waals surface area (Å²) in [5.41, 5.74) is 7.63. The van der Waals surface area contributed by atoms with E-state index in [9.17, 15) is 0 Å². The molecule has 1 aliphatic heterocycles. The second-order valence-electron chi connectivity index (χ2n) is 4.54. The molecule has 1 saturated heterocycles. The minimum Gasteiger partial charge on any atom is -0.326 e. The number of pyridine rings is 1. The largest absolute Gasteiger partial charge is 0.326 e. The van der Waals surface area contributed by atoms with Crippen LogP contribution in [0.5, 0.6) is 0 Å². The van der Waals surface area contributed by atoms with E-state index in [4.69, 9.17) is 5.73 Å². The number of hydrogen-bond donors (Lipinski definition) is 2. The summed E-state index contributed by atoms with van der Waals surface area (Å²) in [4.78, 5) is 4.61. The Balaban J connectivity index is 1.95. The summed E-state index contributed by atoms with van der Waals surface area (Å²) >= 11 is 0. The van der Waals surface area contributed by atoms with Crippen LogP contribution in [0.15, 0.2) is 18.3 Å². The first-order chi connectivity index (χ1) is 8.36. The Morgan fingerprint density at radius 2 is 2.24 bits per heavy atom.